The number of hydrogen-bond donors (Lipinski definition) is 0. The summed E-state index contributed by atoms with van der Waals surface area (Å²) in [6, 6.07) is 2.87. The van der Waals surface area contributed by atoms with Gasteiger partial charge < -0.3 is 4.74 Å². The lowest BCUT2D eigenvalue weighted by Gasteiger charge is -2.16. The van der Waals surface area contributed by atoms with Gasteiger partial charge in [-0.15, -0.1) is 5.26 Å². The van der Waals surface area contributed by atoms with Crippen molar-refractivity contribution in [3.8, 4) is 12.0 Å². The number of halogens is 1. The fraction of sp³-hybridized carbons (Fsp3) is 0.588. The summed E-state index contributed by atoms with van der Waals surface area (Å²) in [5.41, 5.74) is 1.48. The molecule has 0 heterocycles. The molecule has 0 fully saturated rings. The van der Waals surface area contributed by atoms with E-state index in [2.05, 4.69) is 0 Å². The van der Waals surface area contributed by atoms with Gasteiger partial charge in [-0.25, -0.2) is 4.39 Å². The highest BCUT2D eigenvalue weighted by molar-refractivity contribution is 5.46. The highest BCUT2D eigenvalue weighted by atomic mass is 19.1. The van der Waals surface area contributed by atoms with Gasteiger partial charge in [-0.2, -0.15) is 0 Å². The van der Waals surface area contributed by atoms with Gasteiger partial charge in [0.05, 0.1) is 0 Å². The van der Waals surface area contributed by atoms with E-state index in [1.165, 1.54) is 12.1 Å². The van der Waals surface area contributed by atoms with Gasteiger partial charge in [-0.1, -0.05) is 55.4 Å². The molecule has 20 heavy (non-hydrogen) atoms. The van der Waals surface area contributed by atoms with Crippen LogP contribution in [0.2, 0.25) is 0 Å². The van der Waals surface area contributed by atoms with Crippen molar-refractivity contribution in [2.24, 2.45) is 0 Å². The van der Waals surface area contributed by atoms with Gasteiger partial charge in [-0.05, 0) is 24.0 Å². The molecule has 0 saturated carbocycles. The first kappa shape index (κ1) is 20.8. The minimum atomic E-state index is -0.280. The van der Waals surface area contributed by atoms with Crippen LogP contribution in [-0.4, -0.2) is 0 Å². The lowest BCUT2D eigenvalue weighted by Crippen LogP contribution is -2.01. The molecule has 0 radical (unpaired) electrons. The van der Waals surface area contributed by atoms with Crippen molar-refractivity contribution >= 4 is 0 Å². The third-order valence-electron chi connectivity index (χ3n) is 2.50. The molecule has 1 aromatic rings. The first-order chi connectivity index (χ1) is 9.47. The maximum absolute atomic E-state index is 13.4. The predicted octanol–water partition coefficient (Wildman–Crippen LogP) is 5.98. The normalized spacial score (nSPS) is 9.10. The van der Waals surface area contributed by atoms with Crippen LogP contribution in [0.5, 0.6) is 5.75 Å². The molecule has 114 valence electrons. The average molecular weight is 281 g/mol. The average Bonchev–Trinajstić information content (AvgIpc) is 2.44. The molecule has 0 bridgehead atoms. The summed E-state index contributed by atoms with van der Waals surface area (Å²) in [4.78, 5) is 0. The number of rotatable bonds is 3. The van der Waals surface area contributed by atoms with Gasteiger partial charge in [0, 0.05) is 11.1 Å². The molecule has 0 aromatic heterocycles. The molecule has 0 aliphatic heterocycles. The summed E-state index contributed by atoms with van der Waals surface area (Å²) >= 11 is 0. The quantitative estimate of drug-likeness (QED) is 0.638. The third kappa shape index (κ3) is 6.06. The van der Waals surface area contributed by atoms with Gasteiger partial charge in [-0.3, -0.25) is 0 Å². The van der Waals surface area contributed by atoms with Crippen LogP contribution in [0.1, 0.15) is 78.4 Å². The van der Waals surface area contributed by atoms with Crippen LogP contribution in [0.4, 0.5) is 4.39 Å². The van der Waals surface area contributed by atoms with Crippen molar-refractivity contribution in [3.63, 3.8) is 0 Å². The van der Waals surface area contributed by atoms with Gasteiger partial charge in [0.2, 0.25) is 0 Å². The molecule has 0 aliphatic rings. The van der Waals surface area contributed by atoms with Crippen LogP contribution in [0.3, 0.4) is 0 Å². The summed E-state index contributed by atoms with van der Waals surface area (Å²) in [5.74, 6) is 0.472. The molecule has 0 unspecified atom stereocenters. The molecular formula is C17H28FNO. The summed E-state index contributed by atoms with van der Waals surface area (Å²) in [6.07, 6.45) is 1.67. The third-order valence-corrected chi connectivity index (χ3v) is 2.50. The van der Waals surface area contributed by atoms with Crippen LogP contribution >= 0.6 is 0 Å². The van der Waals surface area contributed by atoms with Crippen molar-refractivity contribution in [1.29, 1.82) is 5.26 Å². The Morgan fingerprint density at radius 2 is 1.30 bits per heavy atom. The Morgan fingerprint density at radius 1 is 0.950 bits per heavy atom. The van der Waals surface area contributed by atoms with Crippen molar-refractivity contribution in [2.45, 2.75) is 67.2 Å². The van der Waals surface area contributed by atoms with E-state index >= 15 is 0 Å². The van der Waals surface area contributed by atoms with E-state index in [-0.39, 0.29) is 17.7 Å². The van der Waals surface area contributed by atoms with E-state index in [0.717, 1.165) is 11.1 Å². The summed E-state index contributed by atoms with van der Waals surface area (Å²) in [6.45, 7) is 15.8. The Kier molecular flexibility index (Phi) is 11.7. The zero-order valence-corrected chi connectivity index (χ0v) is 14.0. The van der Waals surface area contributed by atoms with Crippen LogP contribution in [0.25, 0.3) is 0 Å². The highest BCUT2D eigenvalue weighted by Gasteiger charge is 2.17. The molecule has 0 atom stereocenters. The van der Waals surface area contributed by atoms with Crippen molar-refractivity contribution in [3.05, 3.63) is 29.1 Å². The highest BCUT2D eigenvalue weighted by Crippen LogP contribution is 2.35. The Balaban J connectivity index is 0. The molecule has 0 amide bonds. The zero-order valence-electron chi connectivity index (χ0n) is 14.0. The van der Waals surface area contributed by atoms with E-state index < -0.39 is 0 Å². The maximum atomic E-state index is 13.4. The first-order valence-electron chi connectivity index (χ1n) is 7.36. The molecular weight excluding hydrogens is 253 g/mol. The Labute approximate surface area is 123 Å². The van der Waals surface area contributed by atoms with E-state index in [1.54, 1.807) is 6.26 Å². The minimum Gasteiger partial charge on any atom is -0.387 e. The van der Waals surface area contributed by atoms with Crippen molar-refractivity contribution < 1.29 is 9.13 Å². The number of benzene rings is 1. The first-order valence-corrected chi connectivity index (χ1v) is 7.36. The van der Waals surface area contributed by atoms with Crippen LogP contribution in [-0.2, 0) is 0 Å². The number of nitriles is 1. The molecule has 2 nitrogen and oxygen atoms in total. The monoisotopic (exact) mass is 281 g/mol. The van der Waals surface area contributed by atoms with Gasteiger partial charge >= 0.3 is 0 Å². The molecule has 1 aromatic carbocycles. The van der Waals surface area contributed by atoms with Crippen LogP contribution in [0.15, 0.2) is 12.1 Å². The molecule has 0 spiro atoms. The SMILES string of the molecule is CC.CC.CC(C)c1cc(F)cc(C(C)C)c1OC#N. The second-order valence-electron chi connectivity index (χ2n) is 4.42. The summed E-state index contributed by atoms with van der Waals surface area (Å²) in [7, 11) is 0. The van der Waals surface area contributed by atoms with E-state index in [1.807, 2.05) is 55.4 Å². The van der Waals surface area contributed by atoms with Crippen LogP contribution in [0, 0.1) is 17.3 Å². The summed E-state index contributed by atoms with van der Waals surface area (Å²) in [5, 5.41) is 8.64. The predicted molar refractivity (Wildman–Crippen MR) is 83.5 cm³/mol. The largest absolute Gasteiger partial charge is 0.387 e. The van der Waals surface area contributed by atoms with Crippen LogP contribution < -0.4 is 4.74 Å². The lowest BCUT2D eigenvalue weighted by molar-refractivity contribution is 0.481. The second-order valence-corrected chi connectivity index (χ2v) is 4.42. The van der Waals surface area contributed by atoms with Gasteiger partial charge in [0.25, 0.3) is 6.26 Å². The Bertz CT molecular complexity index is 390. The minimum absolute atomic E-state index is 0.122. The lowest BCUT2D eigenvalue weighted by atomic mass is 9.94. The fourth-order valence-corrected chi connectivity index (χ4v) is 1.66. The standard InChI is InChI=1S/C13H16FNO.2C2H6/c1-8(2)11-5-10(14)6-12(9(3)4)13(11)16-7-15;2*1-2/h5-6,8-9H,1-4H3;2*1-2H3. The second kappa shape index (κ2) is 11.3. The number of hydrogen-bond acceptors (Lipinski definition) is 2. The number of ether oxygens (including phenoxy) is 1. The Hall–Kier alpha value is -1.56. The molecule has 0 saturated heterocycles. The molecule has 0 N–H and O–H groups in total. The molecule has 1 rings (SSSR count). The fourth-order valence-electron chi connectivity index (χ4n) is 1.66. The van der Waals surface area contributed by atoms with E-state index in [9.17, 15) is 4.39 Å². The van der Waals surface area contributed by atoms with Gasteiger partial charge in [0.15, 0.2) is 0 Å². The Morgan fingerprint density at radius 3 is 1.55 bits per heavy atom. The van der Waals surface area contributed by atoms with E-state index in [4.69, 9.17) is 10.00 Å². The zero-order chi connectivity index (χ0) is 16.3. The maximum Gasteiger partial charge on any atom is 0.292 e. The smallest absolute Gasteiger partial charge is 0.292 e. The van der Waals surface area contributed by atoms with Crippen molar-refractivity contribution in [1.82, 2.24) is 0 Å². The number of nitrogens with zero attached hydrogens (tertiary/aromatic N) is 1. The topological polar surface area (TPSA) is 33.0 Å². The van der Waals surface area contributed by atoms with Gasteiger partial charge in [0.1, 0.15) is 11.6 Å². The summed E-state index contributed by atoms with van der Waals surface area (Å²) < 4.78 is 18.4. The van der Waals surface area contributed by atoms with Crippen molar-refractivity contribution in [2.75, 3.05) is 0 Å². The van der Waals surface area contributed by atoms with E-state index in [0.29, 0.717) is 5.75 Å². The molecule has 0 aliphatic carbocycles. The molecule has 3 heteroatoms.